The second-order valence-electron chi connectivity index (χ2n) is 5.98. The van der Waals surface area contributed by atoms with Crippen LogP contribution in [0.25, 0.3) is 0 Å². The predicted octanol–water partition coefficient (Wildman–Crippen LogP) is 2.09. The molecule has 0 spiro atoms. The molecule has 1 amide bonds. The lowest BCUT2D eigenvalue weighted by Crippen LogP contribution is -2.36. The Labute approximate surface area is 142 Å². The third-order valence-electron chi connectivity index (χ3n) is 4.53. The fraction of sp³-hybridized carbons (Fsp3) is 0.500. The summed E-state index contributed by atoms with van der Waals surface area (Å²) in [5.41, 5.74) is 0.483. The van der Waals surface area contributed by atoms with E-state index in [1.807, 2.05) is 12.2 Å². The molecular weight excluding hydrogens is 332 g/mol. The van der Waals surface area contributed by atoms with Crippen LogP contribution in [0.3, 0.4) is 0 Å². The molecule has 2 aliphatic rings. The number of thiazole rings is 1. The molecule has 1 aromatic heterocycles. The number of hydrogen-bond acceptors (Lipinski definition) is 6. The highest BCUT2D eigenvalue weighted by Gasteiger charge is 2.51. The number of nitrogens with zero attached hydrogens (tertiary/aromatic N) is 1. The Balaban J connectivity index is 1.76. The van der Waals surface area contributed by atoms with E-state index >= 15 is 0 Å². The maximum Gasteiger partial charge on any atom is 0.350 e. The van der Waals surface area contributed by atoms with Gasteiger partial charge in [-0.05, 0) is 32.1 Å². The first-order valence-electron chi connectivity index (χ1n) is 7.79. The Morgan fingerprint density at radius 3 is 2.62 bits per heavy atom. The van der Waals surface area contributed by atoms with E-state index in [1.165, 1.54) is 0 Å². The van der Waals surface area contributed by atoms with Gasteiger partial charge in [0.2, 0.25) is 5.91 Å². The highest BCUT2D eigenvalue weighted by atomic mass is 32.1. The second kappa shape index (κ2) is 6.35. The van der Waals surface area contributed by atoms with Crippen LogP contribution in [0.5, 0.6) is 0 Å². The summed E-state index contributed by atoms with van der Waals surface area (Å²) in [5.74, 6) is -3.23. The molecule has 2 bridgehead atoms. The first kappa shape index (κ1) is 16.6. The molecule has 0 radical (unpaired) electrons. The zero-order valence-electron chi connectivity index (χ0n) is 13.3. The van der Waals surface area contributed by atoms with Crippen molar-refractivity contribution in [2.24, 2.45) is 23.7 Å². The fourth-order valence-corrected chi connectivity index (χ4v) is 4.40. The molecule has 3 rings (SSSR count). The zero-order valence-corrected chi connectivity index (χ0v) is 14.1. The zero-order chi connectivity index (χ0) is 17.4. The Kier molecular flexibility index (Phi) is 4.40. The number of aromatic nitrogens is 1. The maximum absolute atomic E-state index is 12.6. The smallest absolute Gasteiger partial charge is 0.350 e. The SMILES string of the molecule is CCOC(=O)c1sc(NC(=O)[C@H]2[C@H](C(=O)O)[C@H]3C=C[C@H]2C3)nc1C. The van der Waals surface area contributed by atoms with Crippen molar-refractivity contribution in [1.82, 2.24) is 4.98 Å². The van der Waals surface area contributed by atoms with Crippen LogP contribution in [0.2, 0.25) is 0 Å². The number of ether oxygens (including phenoxy) is 1. The number of hydrogen-bond donors (Lipinski definition) is 2. The van der Waals surface area contributed by atoms with Crippen molar-refractivity contribution in [3.8, 4) is 0 Å². The second-order valence-corrected chi connectivity index (χ2v) is 6.98. The van der Waals surface area contributed by atoms with Gasteiger partial charge in [-0.3, -0.25) is 9.59 Å². The first-order valence-corrected chi connectivity index (χ1v) is 8.60. The molecule has 1 aromatic rings. The number of carboxylic acid groups (broad SMARTS) is 1. The van der Waals surface area contributed by atoms with Gasteiger partial charge in [0.25, 0.3) is 0 Å². The summed E-state index contributed by atoms with van der Waals surface area (Å²) in [6.45, 7) is 3.64. The number of esters is 1. The lowest BCUT2D eigenvalue weighted by Gasteiger charge is -2.23. The quantitative estimate of drug-likeness (QED) is 0.622. The number of aryl methyl sites for hydroxylation is 1. The van der Waals surface area contributed by atoms with Crippen molar-refractivity contribution in [2.45, 2.75) is 20.3 Å². The van der Waals surface area contributed by atoms with Gasteiger partial charge in [-0.25, -0.2) is 9.78 Å². The topological polar surface area (TPSA) is 106 Å². The number of fused-ring (bicyclic) bond motifs is 2. The Morgan fingerprint density at radius 1 is 1.33 bits per heavy atom. The molecule has 1 fully saturated rings. The van der Waals surface area contributed by atoms with Crippen molar-refractivity contribution in [3.63, 3.8) is 0 Å². The summed E-state index contributed by atoms with van der Waals surface area (Å²) in [7, 11) is 0. The molecule has 8 heteroatoms. The van der Waals surface area contributed by atoms with Crippen molar-refractivity contribution in [1.29, 1.82) is 0 Å². The Bertz CT molecular complexity index is 726. The number of aliphatic carboxylic acids is 1. The monoisotopic (exact) mass is 350 g/mol. The van der Waals surface area contributed by atoms with Gasteiger partial charge in [0.05, 0.1) is 24.1 Å². The van der Waals surface area contributed by atoms with Crippen LogP contribution in [0.15, 0.2) is 12.2 Å². The van der Waals surface area contributed by atoms with Crippen LogP contribution in [-0.2, 0) is 14.3 Å². The molecule has 128 valence electrons. The maximum atomic E-state index is 12.6. The molecule has 2 aliphatic carbocycles. The lowest BCUT2D eigenvalue weighted by molar-refractivity contribution is -0.146. The number of carboxylic acids is 1. The summed E-state index contributed by atoms with van der Waals surface area (Å²) in [6.07, 6.45) is 4.51. The number of anilines is 1. The third kappa shape index (κ3) is 2.82. The Hall–Kier alpha value is -2.22. The summed E-state index contributed by atoms with van der Waals surface area (Å²) in [6, 6.07) is 0. The number of amides is 1. The predicted molar refractivity (Wildman–Crippen MR) is 86.8 cm³/mol. The minimum absolute atomic E-state index is 0.0540. The van der Waals surface area contributed by atoms with E-state index in [0.29, 0.717) is 17.0 Å². The molecule has 24 heavy (non-hydrogen) atoms. The summed E-state index contributed by atoms with van der Waals surface area (Å²) in [4.78, 5) is 40.4. The van der Waals surface area contributed by atoms with E-state index in [1.54, 1.807) is 13.8 Å². The molecule has 4 atom stereocenters. The molecule has 0 unspecified atom stereocenters. The first-order chi connectivity index (χ1) is 11.4. The highest BCUT2D eigenvalue weighted by Crippen LogP contribution is 2.48. The fourth-order valence-electron chi connectivity index (χ4n) is 3.54. The number of allylic oxidation sites excluding steroid dienone is 2. The minimum Gasteiger partial charge on any atom is -0.481 e. The van der Waals surface area contributed by atoms with Gasteiger partial charge >= 0.3 is 11.9 Å². The van der Waals surface area contributed by atoms with Crippen LogP contribution in [0, 0.1) is 30.6 Å². The lowest BCUT2D eigenvalue weighted by atomic mass is 9.82. The largest absolute Gasteiger partial charge is 0.481 e. The van der Waals surface area contributed by atoms with Crippen LogP contribution >= 0.6 is 11.3 Å². The van der Waals surface area contributed by atoms with Gasteiger partial charge in [0.1, 0.15) is 4.88 Å². The average molecular weight is 350 g/mol. The van der Waals surface area contributed by atoms with E-state index in [-0.39, 0.29) is 29.5 Å². The Morgan fingerprint density at radius 2 is 2.00 bits per heavy atom. The number of carbonyl (C=O) groups excluding carboxylic acids is 2. The molecule has 1 heterocycles. The number of carbonyl (C=O) groups is 3. The van der Waals surface area contributed by atoms with Crippen LogP contribution in [0.1, 0.15) is 28.7 Å². The van der Waals surface area contributed by atoms with Gasteiger partial charge in [-0.15, -0.1) is 0 Å². The number of nitrogens with one attached hydrogen (secondary N) is 1. The van der Waals surface area contributed by atoms with E-state index < -0.39 is 23.8 Å². The summed E-state index contributed by atoms with van der Waals surface area (Å²) >= 11 is 1.04. The van der Waals surface area contributed by atoms with Crippen molar-refractivity contribution in [2.75, 3.05) is 11.9 Å². The van der Waals surface area contributed by atoms with E-state index in [9.17, 15) is 19.5 Å². The van der Waals surface area contributed by atoms with Crippen LogP contribution in [0.4, 0.5) is 5.13 Å². The molecular formula is C16H18N2O5S. The van der Waals surface area contributed by atoms with Gasteiger partial charge in [0.15, 0.2) is 5.13 Å². The highest BCUT2D eigenvalue weighted by molar-refractivity contribution is 7.17. The van der Waals surface area contributed by atoms with Crippen molar-refractivity contribution >= 4 is 34.3 Å². The molecule has 2 N–H and O–H groups in total. The molecule has 1 saturated carbocycles. The van der Waals surface area contributed by atoms with Crippen LogP contribution in [-0.4, -0.2) is 34.5 Å². The molecule has 7 nitrogen and oxygen atoms in total. The minimum atomic E-state index is -0.950. The molecule has 0 aliphatic heterocycles. The van der Waals surface area contributed by atoms with Gasteiger partial charge in [-0.1, -0.05) is 23.5 Å². The van der Waals surface area contributed by atoms with E-state index in [0.717, 1.165) is 11.3 Å². The third-order valence-corrected chi connectivity index (χ3v) is 5.59. The molecule has 0 aromatic carbocycles. The number of rotatable bonds is 5. The van der Waals surface area contributed by atoms with Crippen LogP contribution < -0.4 is 5.32 Å². The molecule has 0 saturated heterocycles. The van der Waals surface area contributed by atoms with E-state index in [2.05, 4.69) is 10.3 Å². The van der Waals surface area contributed by atoms with Gasteiger partial charge in [0, 0.05) is 0 Å². The van der Waals surface area contributed by atoms with E-state index in [4.69, 9.17) is 4.74 Å². The van der Waals surface area contributed by atoms with Crippen molar-refractivity contribution < 1.29 is 24.2 Å². The average Bonchev–Trinajstić information content (AvgIpc) is 3.20. The summed E-state index contributed by atoms with van der Waals surface area (Å²) < 4.78 is 4.95. The van der Waals surface area contributed by atoms with Gasteiger partial charge < -0.3 is 15.2 Å². The summed E-state index contributed by atoms with van der Waals surface area (Å²) in [5, 5.41) is 12.4. The van der Waals surface area contributed by atoms with Gasteiger partial charge in [-0.2, -0.15) is 0 Å². The normalized spacial score (nSPS) is 27.2. The standard InChI is InChI=1S/C16H18N2O5S/c1-3-23-15(22)12-7(2)17-16(24-12)18-13(19)10-8-4-5-9(6-8)11(10)14(20)21/h4-5,8-11H,3,6H2,1-2H3,(H,20,21)(H,17,18,19)/t8-,9-,10+,11+/m0/s1. The van der Waals surface area contributed by atoms with Crippen molar-refractivity contribution in [3.05, 3.63) is 22.7 Å².